The van der Waals surface area contributed by atoms with Crippen molar-refractivity contribution in [3.8, 4) is 11.5 Å². The van der Waals surface area contributed by atoms with E-state index in [1.165, 1.54) is 11.0 Å². The predicted molar refractivity (Wildman–Crippen MR) is 118 cm³/mol. The van der Waals surface area contributed by atoms with Crippen molar-refractivity contribution in [2.24, 2.45) is 0 Å². The standard InChI is InChI=1S/C24H31FN2O4/c1-5-14-26-24(29)17(2)27(16-19-8-6-7-9-20(19)25)23(28)13-11-18-10-12-21(30-3)22(15-18)31-4/h6-10,12,15,17H,5,11,13-14,16H2,1-4H3,(H,26,29)/t17-/m0/s1. The lowest BCUT2D eigenvalue weighted by molar-refractivity contribution is -0.140. The van der Waals surface area contributed by atoms with Crippen LogP contribution in [0.4, 0.5) is 4.39 Å². The number of nitrogens with one attached hydrogen (secondary N) is 1. The molecule has 168 valence electrons. The molecule has 0 aliphatic rings. The van der Waals surface area contributed by atoms with Gasteiger partial charge in [-0.15, -0.1) is 0 Å². The van der Waals surface area contributed by atoms with Crippen LogP contribution in [-0.2, 0) is 22.6 Å². The number of amides is 2. The van der Waals surface area contributed by atoms with E-state index >= 15 is 0 Å². The highest BCUT2D eigenvalue weighted by molar-refractivity contribution is 5.87. The van der Waals surface area contributed by atoms with E-state index in [0.29, 0.717) is 30.0 Å². The molecular formula is C24H31FN2O4. The second kappa shape index (κ2) is 11.9. The van der Waals surface area contributed by atoms with Crippen molar-refractivity contribution in [3.63, 3.8) is 0 Å². The lowest BCUT2D eigenvalue weighted by atomic mass is 10.1. The molecule has 2 aromatic carbocycles. The summed E-state index contributed by atoms with van der Waals surface area (Å²) in [6.45, 7) is 4.17. The first-order valence-corrected chi connectivity index (χ1v) is 10.4. The second-order valence-electron chi connectivity index (χ2n) is 7.27. The monoisotopic (exact) mass is 430 g/mol. The van der Waals surface area contributed by atoms with Gasteiger partial charge in [-0.25, -0.2) is 4.39 Å². The number of halogens is 1. The van der Waals surface area contributed by atoms with Crippen LogP contribution >= 0.6 is 0 Å². The summed E-state index contributed by atoms with van der Waals surface area (Å²) in [4.78, 5) is 27.1. The van der Waals surface area contributed by atoms with E-state index in [1.807, 2.05) is 19.1 Å². The van der Waals surface area contributed by atoms with Gasteiger partial charge >= 0.3 is 0 Å². The Hall–Kier alpha value is -3.09. The van der Waals surface area contributed by atoms with Crippen LogP contribution in [0, 0.1) is 5.82 Å². The van der Waals surface area contributed by atoms with Crippen molar-refractivity contribution in [3.05, 3.63) is 59.4 Å². The zero-order valence-corrected chi connectivity index (χ0v) is 18.6. The van der Waals surface area contributed by atoms with Gasteiger partial charge in [0.25, 0.3) is 0 Å². The first kappa shape index (κ1) is 24.2. The molecular weight excluding hydrogens is 399 g/mol. The van der Waals surface area contributed by atoms with Crippen LogP contribution in [0.1, 0.15) is 37.8 Å². The largest absolute Gasteiger partial charge is 0.493 e. The molecule has 2 amide bonds. The van der Waals surface area contributed by atoms with Crippen LogP contribution in [-0.4, -0.2) is 43.5 Å². The molecule has 0 bridgehead atoms. The van der Waals surface area contributed by atoms with Crippen LogP contribution in [0.2, 0.25) is 0 Å². The molecule has 1 N–H and O–H groups in total. The van der Waals surface area contributed by atoms with Gasteiger partial charge < -0.3 is 19.7 Å². The van der Waals surface area contributed by atoms with Gasteiger partial charge in [-0.2, -0.15) is 0 Å². The molecule has 0 saturated carbocycles. The minimum Gasteiger partial charge on any atom is -0.493 e. The molecule has 6 nitrogen and oxygen atoms in total. The van der Waals surface area contributed by atoms with E-state index in [2.05, 4.69) is 5.32 Å². The number of aryl methyl sites for hydroxylation is 1. The first-order valence-electron chi connectivity index (χ1n) is 10.4. The summed E-state index contributed by atoms with van der Waals surface area (Å²) in [6, 6.07) is 11.0. The third kappa shape index (κ3) is 6.70. The van der Waals surface area contributed by atoms with Crippen LogP contribution in [0.15, 0.2) is 42.5 Å². The Kier molecular flexibility index (Phi) is 9.31. The van der Waals surface area contributed by atoms with Crippen LogP contribution < -0.4 is 14.8 Å². The fourth-order valence-corrected chi connectivity index (χ4v) is 3.22. The zero-order chi connectivity index (χ0) is 22.8. The van der Waals surface area contributed by atoms with E-state index in [0.717, 1.165) is 12.0 Å². The van der Waals surface area contributed by atoms with Crippen LogP contribution in [0.25, 0.3) is 0 Å². The Bertz CT molecular complexity index is 888. The van der Waals surface area contributed by atoms with E-state index in [1.54, 1.807) is 45.4 Å². The van der Waals surface area contributed by atoms with Gasteiger partial charge in [-0.05, 0) is 43.5 Å². The normalized spacial score (nSPS) is 11.5. The number of benzene rings is 2. The summed E-state index contributed by atoms with van der Waals surface area (Å²) >= 11 is 0. The number of hydrogen-bond acceptors (Lipinski definition) is 4. The number of carbonyl (C=O) groups excluding carboxylic acids is 2. The smallest absolute Gasteiger partial charge is 0.242 e. The number of hydrogen-bond donors (Lipinski definition) is 1. The van der Waals surface area contributed by atoms with Gasteiger partial charge in [-0.3, -0.25) is 9.59 Å². The number of rotatable bonds is 11. The highest BCUT2D eigenvalue weighted by Gasteiger charge is 2.26. The Morgan fingerprint density at radius 2 is 1.81 bits per heavy atom. The Morgan fingerprint density at radius 1 is 1.10 bits per heavy atom. The van der Waals surface area contributed by atoms with Gasteiger partial charge in [0.1, 0.15) is 11.9 Å². The number of carbonyl (C=O) groups is 2. The Morgan fingerprint density at radius 3 is 2.45 bits per heavy atom. The van der Waals surface area contributed by atoms with Crippen molar-refractivity contribution in [1.29, 1.82) is 0 Å². The molecule has 0 saturated heterocycles. The Balaban J connectivity index is 2.17. The van der Waals surface area contributed by atoms with Gasteiger partial charge in [0, 0.05) is 25.1 Å². The van der Waals surface area contributed by atoms with Gasteiger partial charge in [0.05, 0.1) is 14.2 Å². The summed E-state index contributed by atoms with van der Waals surface area (Å²) in [5.74, 6) is 0.319. The molecule has 0 aromatic heterocycles. The molecule has 2 aromatic rings. The van der Waals surface area contributed by atoms with E-state index in [9.17, 15) is 14.0 Å². The molecule has 0 heterocycles. The number of ether oxygens (including phenoxy) is 2. The first-order chi connectivity index (χ1) is 14.9. The van der Waals surface area contributed by atoms with Crippen molar-refractivity contribution in [1.82, 2.24) is 10.2 Å². The predicted octanol–water partition coefficient (Wildman–Crippen LogP) is 3.72. The maximum atomic E-state index is 14.2. The molecule has 0 unspecified atom stereocenters. The van der Waals surface area contributed by atoms with Crippen molar-refractivity contribution in [2.45, 2.75) is 45.7 Å². The van der Waals surface area contributed by atoms with Gasteiger partial charge in [0.15, 0.2) is 11.5 Å². The topological polar surface area (TPSA) is 67.9 Å². The summed E-state index contributed by atoms with van der Waals surface area (Å²) in [6.07, 6.45) is 1.42. The average molecular weight is 431 g/mol. The lowest BCUT2D eigenvalue weighted by Gasteiger charge is -2.29. The summed E-state index contributed by atoms with van der Waals surface area (Å²) in [7, 11) is 3.12. The summed E-state index contributed by atoms with van der Waals surface area (Å²) < 4.78 is 24.8. The molecule has 1 atom stereocenters. The molecule has 0 spiro atoms. The van der Waals surface area contributed by atoms with E-state index in [4.69, 9.17) is 9.47 Å². The molecule has 0 aliphatic heterocycles. The number of methoxy groups -OCH3 is 2. The molecule has 0 aliphatic carbocycles. The highest BCUT2D eigenvalue weighted by atomic mass is 19.1. The van der Waals surface area contributed by atoms with Crippen LogP contribution in [0.5, 0.6) is 11.5 Å². The quantitative estimate of drug-likeness (QED) is 0.590. The maximum Gasteiger partial charge on any atom is 0.242 e. The van der Waals surface area contributed by atoms with Crippen LogP contribution in [0.3, 0.4) is 0 Å². The fraction of sp³-hybridized carbons (Fsp3) is 0.417. The Labute approximate surface area is 183 Å². The van der Waals surface area contributed by atoms with Gasteiger partial charge in [-0.1, -0.05) is 31.2 Å². The average Bonchev–Trinajstić information content (AvgIpc) is 2.79. The lowest BCUT2D eigenvalue weighted by Crippen LogP contribution is -2.47. The molecule has 31 heavy (non-hydrogen) atoms. The third-order valence-corrected chi connectivity index (χ3v) is 5.09. The molecule has 2 rings (SSSR count). The summed E-state index contributed by atoms with van der Waals surface area (Å²) in [5.41, 5.74) is 1.28. The molecule has 7 heteroatoms. The van der Waals surface area contributed by atoms with Crippen molar-refractivity contribution >= 4 is 11.8 Å². The minimum atomic E-state index is -0.718. The molecule has 0 fully saturated rings. The van der Waals surface area contributed by atoms with Gasteiger partial charge in [0.2, 0.25) is 11.8 Å². The third-order valence-electron chi connectivity index (χ3n) is 5.09. The SMILES string of the molecule is CCCNC(=O)[C@H](C)N(Cc1ccccc1F)C(=O)CCc1ccc(OC)c(OC)c1. The highest BCUT2D eigenvalue weighted by Crippen LogP contribution is 2.28. The zero-order valence-electron chi connectivity index (χ0n) is 18.6. The number of nitrogens with zero attached hydrogens (tertiary/aromatic N) is 1. The fourth-order valence-electron chi connectivity index (χ4n) is 3.22. The second-order valence-corrected chi connectivity index (χ2v) is 7.27. The molecule has 0 radical (unpaired) electrons. The van der Waals surface area contributed by atoms with E-state index in [-0.39, 0.29) is 24.8 Å². The van der Waals surface area contributed by atoms with Crippen molar-refractivity contribution < 1.29 is 23.5 Å². The van der Waals surface area contributed by atoms with E-state index < -0.39 is 11.9 Å². The van der Waals surface area contributed by atoms with Crippen molar-refractivity contribution in [2.75, 3.05) is 20.8 Å². The summed E-state index contributed by atoms with van der Waals surface area (Å²) in [5, 5.41) is 2.81. The maximum absolute atomic E-state index is 14.2. The minimum absolute atomic E-state index is 0.0259.